The van der Waals surface area contributed by atoms with Crippen LogP contribution in [0.1, 0.15) is 13.8 Å². The summed E-state index contributed by atoms with van der Waals surface area (Å²) in [6.07, 6.45) is 0.0119. The molecule has 0 aromatic carbocycles. The summed E-state index contributed by atoms with van der Waals surface area (Å²) in [5.41, 5.74) is 0. The lowest BCUT2D eigenvalue weighted by atomic mass is 10.4. The van der Waals surface area contributed by atoms with Crippen molar-refractivity contribution >= 4 is 0 Å². The minimum atomic E-state index is -0.485. The van der Waals surface area contributed by atoms with Crippen molar-refractivity contribution in [2.75, 3.05) is 39.6 Å². The Morgan fingerprint density at radius 3 is 2.60 bits per heavy atom. The second-order valence-corrected chi connectivity index (χ2v) is 3.86. The standard InChI is InChI=1S/C10H20O5/c1-10(2)14-8-9(15-10)7-13-6-5-12-4-3-11/h9,11H,3-8H2,1-2H3. The minimum Gasteiger partial charge on any atom is -0.394 e. The number of ether oxygens (including phenoxy) is 4. The van der Waals surface area contributed by atoms with Crippen LogP contribution in [0.5, 0.6) is 0 Å². The largest absolute Gasteiger partial charge is 0.394 e. The van der Waals surface area contributed by atoms with E-state index in [1.54, 1.807) is 0 Å². The molecule has 1 N–H and O–H groups in total. The first-order chi connectivity index (χ1) is 7.14. The second kappa shape index (κ2) is 6.40. The van der Waals surface area contributed by atoms with Gasteiger partial charge in [0.1, 0.15) is 6.10 Å². The Bertz CT molecular complexity index is 171. The highest BCUT2D eigenvalue weighted by molar-refractivity contribution is 4.70. The molecule has 0 bridgehead atoms. The highest BCUT2D eigenvalue weighted by Gasteiger charge is 2.32. The Kier molecular flexibility index (Phi) is 5.49. The van der Waals surface area contributed by atoms with E-state index in [4.69, 9.17) is 24.1 Å². The van der Waals surface area contributed by atoms with Crippen LogP contribution in [-0.4, -0.2) is 56.6 Å². The molecular weight excluding hydrogens is 200 g/mol. The zero-order chi connectivity index (χ0) is 11.1. The molecule has 0 aliphatic carbocycles. The van der Waals surface area contributed by atoms with E-state index in [0.29, 0.717) is 33.0 Å². The Morgan fingerprint density at radius 1 is 1.27 bits per heavy atom. The van der Waals surface area contributed by atoms with E-state index in [1.807, 2.05) is 13.8 Å². The van der Waals surface area contributed by atoms with Crippen molar-refractivity contribution in [2.45, 2.75) is 25.7 Å². The van der Waals surface area contributed by atoms with E-state index in [2.05, 4.69) is 0 Å². The lowest BCUT2D eigenvalue weighted by Crippen LogP contribution is -2.24. The molecule has 0 saturated carbocycles. The maximum Gasteiger partial charge on any atom is 0.163 e. The summed E-state index contributed by atoms with van der Waals surface area (Å²) in [7, 11) is 0. The van der Waals surface area contributed by atoms with Crippen LogP contribution in [0.3, 0.4) is 0 Å². The quantitative estimate of drug-likeness (QED) is 0.619. The molecule has 0 amide bonds. The highest BCUT2D eigenvalue weighted by Crippen LogP contribution is 2.22. The zero-order valence-electron chi connectivity index (χ0n) is 9.40. The molecule has 5 heteroatoms. The fraction of sp³-hybridized carbons (Fsp3) is 1.00. The highest BCUT2D eigenvalue weighted by atomic mass is 16.7. The first kappa shape index (κ1) is 12.9. The molecule has 5 nitrogen and oxygen atoms in total. The van der Waals surface area contributed by atoms with Gasteiger partial charge in [-0.3, -0.25) is 0 Å². The van der Waals surface area contributed by atoms with Crippen molar-refractivity contribution in [1.82, 2.24) is 0 Å². The van der Waals surface area contributed by atoms with Crippen molar-refractivity contribution in [2.24, 2.45) is 0 Å². The molecule has 1 rings (SSSR count). The maximum atomic E-state index is 8.45. The summed E-state index contributed by atoms with van der Waals surface area (Å²) in [5.74, 6) is -0.485. The average molecular weight is 220 g/mol. The van der Waals surface area contributed by atoms with Gasteiger partial charge in [0, 0.05) is 0 Å². The van der Waals surface area contributed by atoms with Gasteiger partial charge in [0.05, 0.1) is 39.6 Å². The lowest BCUT2D eigenvalue weighted by molar-refractivity contribution is -0.145. The summed E-state index contributed by atoms with van der Waals surface area (Å²) in [6, 6.07) is 0. The minimum absolute atomic E-state index is 0.0119. The predicted octanol–water partition coefficient (Wildman–Crippen LogP) is 0.163. The van der Waals surface area contributed by atoms with E-state index in [-0.39, 0.29) is 12.7 Å². The number of aliphatic hydroxyl groups is 1. The van der Waals surface area contributed by atoms with Gasteiger partial charge in [-0.25, -0.2) is 0 Å². The fourth-order valence-corrected chi connectivity index (χ4v) is 1.34. The molecule has 15 heavy (non-hydrogen) atoms. The van der Waals surface area contributed by atoms with Gasteiger partial charge in [-0.15, -0.1) is 0 Å². The van der Waals surface area contributed by atoms with Crippen molar-refractivity contribution in [3.63, 3.8) is 0 Å². The van der Waals surface area contributed by atoms with Crippen LogP contribution in [0.4, 0.5) is 0 Å². The smallest absolute Gasteiger partial charge is 0.163 e. The van der Waals surface area contributed by atoms with E-state index in [9.17, 15) is 0 Å². The predicted molar refractivity (Wildman–Crippen MR) is 53.6 cm³/mol. The summed E-state index contributed by atoms with van der Waals surface area (Å²) in [6.45, 7) is 6.29. The second-order valence-electron chi connectivity index (χ2n) is 3.86. The monoisotopic (exact) mass is 220 g/mol. The van der Waals surface area contributed by atoms with Crippen LogP contribution in [0, 0.1) is 0 Å². The van der Waals surface area contributed by atoms with Gasteiger partial charge < -0.3 is 24.1 Å². The summed E-state index contributed by atoms with van der Waals surface area (Å²) >= 11 is 0. The van der Waals surface area contributed by atoms with Crippen LogP contribution >= 0.6 is 0 Å². The first-order valence-corrected chi connectivity index (χ1v) is 5.22. The molecule has 0 radical (unpaired) electrons. The van der Waals surface area contributed by atoms with E-state index in [1.165, 1.54) is 0 Å². The number of aliphatic hydroxyl groups excluding tert-OH is 1. The molecule has 1 saturated heterocycles. The van der Waals surface area contributed by atoms with Crippen molar-refractivity contribution in [3.05, 3.63) is 0 Å². The number of hydrogen-bond donors (Lipinski definition) is 1. The molecule has 0 aromatic rings. The van der Waals surface area contributed by atoms with Crippen LogP contribution in [0.25, 0.3) is 0 Å². The third-order valence-corrected chi connectivity index (χ3v) is 1.98. The van der Waals surface area contributed by atoms with Gasteiger partial charge in [0.15, 0.2) is 5.79 Å². The van der Waals surface area contributed by atoms with E-state index in [0.717, 1.165) is 0 Å². The summed E-state index contributed by atoms with van der Waals surface area (Å²) in [5, 5.41) is 8.45. The van der Waals surface area contributed by atoms with Crippen LogP contribution in [0.15, 0.2) is 0 Å². The molecule has 1 aliphatic rings. The van der Waals surface area contributed by atoms with Gasteiger partial charge >= 0.3 is 0 Å². The third kappa shape index (κ3) is 5.44. The van der Waals surface area contributed by atoms with Crippen molar-refractivity contribution in [3.8, 4) is 0 Å². The lowest BCUT2D eigenvalue weighted by Gasteiger charge is -2.17. The Balaban J connectivity index is 1.93. The topological polar surface area (TPSA) is 57.2 Å². The molecule has 0 spiro atoms. The normalized spacial score (nSPS) is 24.6. The van der Waals surface area contributed by atoms with Gasteiger partial charge in [0.25, 0.3) is 0 Å². The zero-order valence-corrected chi connectivity index (χ0v) is 9.40. The van der Waals surface area contributed by atoms with E-state index >= 15 is 0 Å². The Labute approximate surface area is 90.3 Å². The molecule has 1 atom stereocenters. The van der Waals surface area contributed by atoms with Crippen molar-refractivity contribution < 1.29 is 24.1 Å². The average Bonchev–Trinajstić information content (AvgIpc) is 2.52. The molecule has 1 unspecified atom stereocenters. The van der Waals surface area contributed by atoms with Crippen LogP contribution < -0.4 is 0 Å². The number of rotatable bonds is 7. The Morgan fingerprint density at radius 2 is 2.00 bits per heavy atom. The molecule has 90 valence electrons. The fourth-order valence-electron chi connectivity index (χ4n) is 1.34. The third-order valence-electron chi connectivity index (χ3n) is 1.98. The molecule has 1 fully saturated rings. The van der Waals surface area contributed by atoms with Gasteiger partial charge in [-0.2, -0.15) is 0 Å². The summed E-state index contributed by atoms with van der Waals surface area (Å²) < 4.78 is 21.3. The van der Waals surface area contributed by atoms with Gasteiger partial charge in [-0.05, 0) is 13.8 Å². The van der Waals surface area contributed by atoms with Crippen LogP contribution in [0.2, 0.25) is 0 Å². The molecule has 1 aliphatic heterocycles. The van der Waals surface area contributed by atoms with Gasteiger partial charge in [0.2, 0.25) is 0 Å². The Hall–Kier alpha value is -0.200. The SMILES string of the molecule is CC1(C)OCC(COCCOCCO)O1. The van der Waals surface area contributed by atoms with Gasteiger partial charge in [-0.1, -0.05) is 0 Å². The van der Waals surface area contributed by atoms with E-state index < -0.39 is 5.79 Å². The molecular formula is C10H20O5. The van der Waals surface area contributed by atoms with Crippen molar-refractivity contribution in [1.29, 1.82) is 0 Å². The van der Waals surface area contributed by atoms with Crippen LogP contribution in [-0.2, 0) is 18.9 Å². The summed E-state index contributed by atoms with van der Waals surface area (Å²) in [4.78, 5) is 0. The first-order valence-electron chi connectivity index (χ1n) is 5.22. The maximum absolute atomic E-state index is 8.45. The molecule has 0 aromatic heterocycles. The number of hydrogen-bond acceptors (Lipinski definition) is 5. The molecule has 1 heterocycles.